The van der Waals surface area contributed by atoms with Gasteiger partial charge in [0.25, 0.3) is 0 Å². The molecule has 0 heterocycles. The van der Waals surface area contributed by atoms with Gasteiger partial charge in [-0.15, -0.1) is 0 Å². The summed E-state index contributed by atoms with van der Waals surface area (Å²) in [5.74, 6) is 0.539. The van der Waals surface area contributed by atoms with Crippen molar-refractivity contribution < 1.29 is 15.0 Å². The molecule has 0 saturated heterocycles. The third-order valence-electron chi connectivity index (χ3n) is 5.83. The van der Waals surface area contributed by atoms with Crippen molar-refractivity contribution in [2.24, 2.45) is 35.5 Å². The summed E-state index contributed by atoms with van der Waals surface area (Å²) in [6.07, 6.45) is 4.06. The number of hydrogen-bond acceptors (Lipinski definition) is 2. The summed E-state index contributed by atoms with van der Waals surface area (Å²) in [5, 5.41) is 20.5. The SMILES string of the molecule is CC(C)C1(O)C2CC3CC(C2)C(C(=O)O)C1C3. The van der Waals surface area contributed by atoms with Crippen LogP contribution in [0.1, 0.15) is 39.5 Å². The molecule has 4 aliphatic carbocycles. The molecule has 17 heavy (non-hydrogen) atoms. The lowest BCUT2D eigenvalue weighted by molar-refractivity contribution is -0.225. The van der Waals surface area contributed by atoms with Gasteiger partial charge < -0.3 is 10.2 Å². The average Bonchev–Trinajstić information content (AvgIpc) is 2.23. The van der Waals surface area contributed by atoms with Crippen LogP contribution < -0.4 is 0 Å². The number of aliphatic hydroxyl groups is 1. The Bertz CT molecular complexity index is 351. The van der Waals surface area contributed by atoms with Crippen molar-refractivity contribution in [3.63, 3.8) is 0 Å². The van der Waals surface area contributed by atoms with Crippen LogP contribution in [-0.4, -0.2) is 21.8 Å². The minimum atomic E-state index is -0.726. The second-order valence-corrected chi connectivity index (χ2v) is 6.78. The first kappa shape index (κ1) is 11.5. The van der Waals surface area contributed by atoms with E-state index in [0.717, 1.165) is 25.7 Å². The maximum atomic E-state index is 11.5. The highest BCUT2D eigenvalue weighted by molar-refractivity contribution is 5.71. The maximum absolute atomic E-state index is 11.5. The molecular weight excluding hydrogens is 216 g/mol. The van der Waals surface area contributed by atoms with Gasteiger partial charge in [-0.2, -0.15) is 0 Å². The molecule has 4 rings (SSSR count). The summed E-state index contributed by atoms with van der Waals surface area (Å²) in [4.78, 5) is 11.5. The van der Waals surface area contributed by atoms with Crippen molar-refractivity contribution in [2.75, 3.05) is 0 Å². The maximum Gasteiger partial charge on any atom is 0.307 e. The molecule has 0 amide bonds. The molecule has 6 atom stereocenters. The molecule has 4 bridgehead atoms. The Balaban J connectivity index is 2.01. The summed E-state index contributed by atoms with van der Waals surface area (Å²) in [6.45, 7) is 4.09. The van der Waals surface area contributed by atoms with E-state index >= 15 is 0 Å². The zero-order valence-electron chi connectivity index (χ0n) is 10.6. The summed E-state index contributed by atoms with van der Waals surface area (Å²) >= 11 is 0. The van der Waals surface area contributed by atoms with Gasteiger partial charge in [0.1, 0.15) is 0 Å². The number of carboxylic acids is 1. The van der Waals surface area contributed by atoms with Crippen LogP contribution in [0.3, 0.4) is 0 Å². The fourth-order valence-corrected chi connectivity index (χ4v) is 5.23. The van der Waals surface area contributed by atoms with Crippen LogP contribution >= 0.6 is 0 Å². The van der Waals surface area contributed by atoms with Crippen molar-refractivity contribution in [3.8, 4) is 0 Å². The van der Waals surface area contributed by atoms with Crippen LogP contribution in [0, 0.1) is 35.5 Å². The van der Waals surface area contributed by atoms with Gasteiger partial charge in [0, 0.05) is 5.92 Å². The highest BCUT2D eigenvalue weighted by Crippen LogP contribution is 2.62. The topological polar surface area (TPSA) is 57.5 Å². The third-order valence-corrected chi connectivity index (χ3v) is 5.83. The summed E-state index contributed by atoms with van der Waals surface area (Å²) in [5.41, 5.74) is -0.726. The molecular formula is C14H22O3. The van der Waals surface area contributed by atoms with E-state index in [1.165, 1.54) is 0 Å². The summed E-state index contributed by atoms with van der Waals surface area (Å²) in [7, 11) is 0. The van der Waals surface area contributed by atoms with Crippen LogP contribution in [0.4, 0.5) is 0 Å². The Morgan fingerprint density at radius 1 is 1.24 bits per heavy atom. The van der Waals surface area contributed by atoms with E-state index in [1.807, 2.05) is 13.8 Å². The van der Waals surface area contributed by atoms with E-state index in [1.54, 1.807) is 0 Å². The molecule has 4 saturated carbocycles. The van der Waals surface area contributed by atoms with Crippen LogP contribution in [0.5, 0.6) is 0 Å². The molecule has 4 fully saturated rings. The van der Waals surface area contributed by atoms with Crippen LogP contribution in [0.15, 0.2) is 0 Å². The Labute approximate surface area is 102 Å². The Kier molecular flexibility index (Phi) is 2.35. The first-order chi connectivity index (χ1) is 7.94. The molecule has 0 aromatic heterocycles. The zero-order chi connectivity index (χ0) is 12.4. The largest absolute Gasteiger partial charge is 0.481 e. The van der Waals surface area contributed by atoms with Crippen LogP contribution in [-0.2, 0) is 4.79 Å². The molecule has 2 N–H and O–H groups in total. The number of carboxylic acid groups (broad SMARTS) is 1. The lowest BCUT2D eigenvalue weighted by Gasteiger charge is -2.62. The lowest BCUT2D eigenvalue weighted by Crippen LogP contribution is -2.65. The molecule has 3 heteroatoms. The number of rotatable bonds is 2. The molecule has 6 unspecified atom stereocenters. The number of carbonyl (C=O) groups is 1. The summed E-state index contributed by atoms with van der Waals surface area (Å²) < 4.78 is 0. The molecule has 0 aliphatic heterocycles. The molecule has 0 radical (unpaired) electrons. The Hall–Kier alpha value is -0.570. The highest BCUT2D eigenvalue weighted by atomic mass is 16.4. The first-order valence-corrected chi connectivity index (χ1v) is 6.89. The fraction of sp³-hybridized carbons (Fsp3) is 0.929. The third kappa shape index (κ3) is 1.35. The van der Waals surface area contributed by atoms with Crippen molar-refractivity contribution in [1.29, 1.82) is 0 Å². The van der Waals surface area contributed by atoms with E-state index in [2.05, 4.69) is 0 Å². The molecule has 0 aromatic rings. The van der Waals surface area contributed by atoms with Crippen molar-refractivity contribution >= 4 is 5.97 Å². The molecule has 3 nitrogen and oxygen atoms in total. The zero-order valence-corrected chi connectivity index (χ0v) is 10.6. The van der Waals surface area contributed by atoms with E-state index in [-0.39, 0.29) is 17.8 Å². The van der Waals surface area contributed by atoms with Crippen molar-refractivity contribution in [3.05, 3.63) is 0 Å². The monoisotopic (exact) mass is 238 g/mol. The highest BCUT2D eigenvalue weighted by Gasteiger charge is 2.63. The summed E-state index contributed by atoms with van der Waals surface area (Å²) in [6, 6.07) is 0. The second-order valence-electron chi connectivity index (χ2n) is 6.78. The van der Waals surface area contributed by atoms with Gasteiger partial charge >= 0.3 is 5.97 Å². The predicted octanol–water partition coefficient (Wildman–Crippen LogP) is 2.14. The van der Waals surface area contributed by atoms with Crippen LogP contribution in [0.25, 0.3) is 0 Å². The predicted molar refractivity (Wildman–Crippen MR) is 63.3 cm³/mol. The smallest absolute Gasteiger partial charge is 0.307 e. The minimum Gasteiger partial charge on any atom is -0.481 e. The van der Waals surface area contributed by atoms with Gasteiger partial charge in [0.2, 0.25) is 0 Å². The lowest BCUT2D eigenvalue weighted by atomic mass is 9.44. The standard InChI is InChI=1S/C14H22O3/c1-7(2)14(17)10-4-8-3-9(6-10)12(13(15)16)11(14)5-8/h7-12,17H,3-6H2,1-2H3,(H,15,16). The second kappa shape index (κ2) is 3.47. The minimum absolute atomic E-state index is 0.00347. The van der Waals surface area contributed by atoms with E-state index in [4.69, 9.17) is 0 Å². The van der Waals surface area contributed by atoms with Crippen molar-refractivity contribution in [2.45, 2.75) is 45.1 Å². The van der Waals surface area contributed by atoms with Crippen molar-refractivity contribution in [1.82, 2.24) is 0 Å². The molecule has 0 spiro atoms. The van der Waals surface area contributed by atoms with Gasteiger partial charge in [-0.3, -0.25) is 4.79 Å². The van der Waals surface area contributed by atoms with Gasteiger partial charge in [-0.1, -0.05) is 13.8 Å². The number of hydrogen-bond donors (Lipinski definition) is 2. The van der Waals surface area contributed by atoms with Gasteiger partial charge in [0.15, 0.2) is 0 Å². The fourth-order valence-electron chi connectivity index (χ4n) is 5.23. The quantitative estimate of drug-likeness (QED) is 0.775. The van der Waals surface area contributed by atoms with Crippen LogP contribution in [0.2, 0.25) is 0 Å². The normalized spacial score (nSPS) is 52.1. The first-order valence-electron chi connectivity index (χ1n) is 6.89. The van der Waals surface area contributed by atoms with E-state index in [0.29, 0.717) is 17.8 Å². The molecule has 4 aliphatic rings. The van der Waals surface area contributed by atoms with Gasteiger partial charge in [-0.25, -0.2) is 0 Å². The van der Waals surface area contributed by atoms with E-state index in [9.17, 15) is 15.0 Å². The average molecular weight is 238 g/mol. The Morgan fingerprint density at radius 3 is 2.53 bits per heavy atom. The van der Waals surface area contributed by atoms with Gasteiger partial charge in [-0.05, 0) is 49.4 Å². The van der Waals surface area contributed by atoms with Gasteiger partial charge in [0.05, 0.1) is 11.5 Å². The molecule has 96 valence electrons. The Morgan fingerprint density at radius 2 is 1.94 bits per heavy atom. The molecule has 0 aromatic carbocycles. The number of aliphatic carboxylic acids is 1. The van der Waals surface area contributed by atoms with E-state index < -0.39 is 11.6 Å².